The molecule has 0 unspecified atom stereocenters. The summed E-state index contributed by atoms with van der Waals surface area (Å²) in [4.78, 5) is 22.7. The molecule has 1 aromatic heterocycles. The van der Waals surface area contributed by atoms with Crippen molar-refractivity contribution in [3.8, 4) is 0 Å². The zero-order chi connectivity index (χ0) is 14.2. The van der Waals surface area contributed by atoms with Gasteiger partial charge in [0.05, 0.1) is 4.47 Å². The molecule has 2 aromatic rings. The molecule has 0 fully saturated rings. The Morgan fingerprint density at radius 3 is 2.63 bits per heavy atom. The lowest BCUT2D eigenvalue weighted by Crippen LogP contribution is -2.08. The summed E-state index contributed by atoms with van der Waals surface area (Å²) in [6.45, 7) is 1.31. The number of carbonyl (C=O) groups excluding carboxylic acids is 1. The maximum atomic E-state index is 11.7. The summed E-state index contributed by atoms with van der Waals surface area (Å²) >= 11 is 9.87. The lowest BCUT2D eigenvalue weighted by Gasteiger charge is -2.09. The zero-order valence-corrected chi connectivity index (χ0v) is 14.4. The van der Waals surface area contributed by atoms with E-state index in [1.165, 1.54) is 6.92 Å². The number of hydrogen-bond acceptors (Lipinski definition) is 4. The lowest BCUT2D eigenvalue weighted by atomic mass is 10.1. The molecule has 2 rings (SSSR count). The molecule has 1 aromatic carbocycles. The van der Waals surface area contributed by atoms with Gasteiger partial charge in [0, 0.05) is 22.3 Å². The standard InChI is InChI=1S/C12H7Br3O4/c1-5(16)18-4-8-7-2-6(13)3-9(14)11(7)19-12(17)10(8)15/h2-3H,4H2,1H3. The summed E-state index contributed by atoms with van der Waals surface area (Å²) in [5.74, 6) is -0.414. The Labute approximate surface area is 133 Å². The van der Waals surface area contributed by atoms with Crippen LogP contribution in [0, 0.1) is 0 Å². The average molecular weight is 455 g/mol. The Bertz CT molecular complexity index is 721. The number of halogens is 3. The minimum absolute atomic E-state index is 0.000903. The van der Waals surface area contributed by atoms with Crippen molar-refractivity contribution in [2.45, 2.75) is 13.5 Å². The van der Waals surface area contributed by atoms with E-state index in [4.69, 9.17) is 9.15 Å². The van der Waals surface area contributed by atoms with Crippen LogP contribution >= 0.6 is 47.8 Å². The van der Waals surface area contributed by atoms with E-state index in [2.05, 4.69) is 47.8 Å². The number of rotatable bonds is 2. The third-order valence-electron chi connectivity index (χ3n) is 2.39. The highest BCUT2D eigenvalue weighted by atomic mass is 79.9. The van der Waals surface area contributed by atoms with Crippen molar-refractivity contribution in [2.75, 3.05) is 0 Å². The number of ether oxygens (including phenoxy) is 1. The molecule has 0 spiro atoms. The summed E-state index contributed by atoms with van der Waals surface area (Å²) in [5, 5.41) is 0.689. The van der Waals surface area contributed by atoms with Crippen LogP contribution in [0.5, 0.6) is 0 Å². The van der Waals surface area contributed by atoms with Crippen molar-refractivity contribution in [1.82, 2.24) is 0 Å². The van der Waals surface area contributed by atoms with Gasteiger partial charge in [-0.05, 0) is 44.0 Å². The van der Waals surface area contributed by atoms with Crippen LogP contribution < -0.4 is 5.63 Å². The Morgan fingerprint density at radius 1 is 1.32 bits per heavy atom. The van der Waals surface area contributed by atoms with Gasteiger partial charge in [0.15, 0.2) is 5.58 Å². The first-order chi connectivity index (χ1) is 8.90. The lowest BCUT2D eigenvalue weighted by molar-refractivity contribution is -0.142. The van der Waals surface area contributed by atoms with E-state index < -0.39 is 11.6 Å². The van der Waals surface area contributed by atoms with Gasteiger partial charge in [-0.2, -0.15) is 0 Å². The van der Waals surface area contributed by atoms with Crippen LogP contribution in [-0.4, -0.2) is 5.97 Å². The van der Waals surface area contributed by atoms with Gasteiger partial charge in [-0.1, -0.05) is 15.9 Å². The van der Waals surface area contributed by atoms with Gasteiger partial charge in [-0.25, -0.2) is 4.79 Å². The SMILES string of the molecule is CC(=O)OCc1c(Br)c(=O)oc2c(Br)cc(Br)cc12. The second kappa shape index (κ2) is 5.76. The Balaban J connectivity index is 2.74. The van der Waals surface area contributed by atoms with Crippen molar-refractivity contribution in [2.24, 2.45) is 0 Å². The van der Waals surface area contributed by atoms with E-state index in [1.807, 2.05) is 0 Å². The van der Waals surface area contributed by atoms with E-state index in [0.717, 1.165) is 4.47 Å². The van der Waals surface area contributed by atoms with Crippen molar-refractivity contribution >= 4 is 64.7 Å². The normalized spacial score (nSPS) is 10.7. The molecular formula is C12H7Br3O4. The topological polar surface area (TPSA) is 56.5 Å². The van der Waals surface area contributed by atoms with Gasteiger partial charge in [0.1, 0.15) is 11.1 Å². The molecule has 0 aliphatic heterocycles. The largest absolute Gasteiger partial charge is 0.461 e. The molecule has 0 saturated carbocycles. The fourth-order valence-corrected chi connectivity index (χ4v) is 3.30. The van der Waals surface area contributed by atoms with Crippen LogP contribution in [0.3, 0.4) is 0 Å². The molecule has 0 saturated heterocycles. The van der Waals surface area contributed by atoms with E-state index in [-0.39, 0.29) is 11.1 Å². The van der Waals surface area contributed by atoms with Gasteiger partial charge >= 0.3 is 11.6 Å². The highest BCUT2D eigenvalue weighted by Gasteiger charge is 2.16. The predicted octanol–water partition coefficient (Wildman–Crippen LogP) is 4.14. The molecule has 0 aliphatic carbocycles. The first kappa shape index (κ1) is 14.7. The number of esters is 1. The minimum atomic E-state index is -0.516. The van der Waals surface area contributed by atoms with Gasteiger partial charge in [-0.15, -0.1) is 0 Å². The Morgan fingerprint density at radius 2 is 2.00 bits per heavy atom. The first-order valence-electron chi connectivity index (χ1n) is 5.13. The molecular weight excluding hydrogens is 448 g/mol. The molecule has 0 amide bonds. The molecule has 19 heavy (non-hydrogen) atoms. The van der Waals surface area contributed by atoms with E-state index >= 15 is 0 Å². The zero-order valence-electron chi connectivity index (χ0n) is 9.63. The smallest absolute Gasteiger partial charge is 0.351 e. The third-order valence-corrected chi connectivity index (χ3v) is 4.24. The highest BCUT2D eigenvalue weighted by molar-refractivity contribution is 9.11. The van der Waals surface area contributed by atoms with Crippen LogP contribution in [0.15, 0.2) is 34.8 Å². The predicted molar refractivity (Wildman–Crippen MR) is 81.1 cm³/mol. The molecule has 7 heteroatoms. The summed E-state index contributed by atoms with van der Waals surface area (Å²) in [5.41, 5.74) is 0.472. The molecule has 0 radical (unpaired) electrons. The summed E-state index contributed by atoms with van der Waals surface area (Å²) in [6.07, 6.45) is 0. The summed E-state index contributed by atoms with van der Waals surface area (Å²) < 4.78 is 11.9. The number of fused-ring (bicyclic) bond motifs is 1. The molecule has 0 atom stereocenters. The fourth-order valence-electron chi connectivity index (χ4n) is 1.58. The van der Waals surface area contributed by atoms with Crippen LogP contribution in [0.1, 0.15) is 12.5 Å². The summed E-state index contributed by atoms with van der Waals surface area (Å²) in [7, 11) is 0. The van der Waals surface area contributed by atoms with Crippen molar-refractivity contribution in [1.29, 1.82) is 0 Å². The van der Waals surface area contributed by atoms with Crippen molar-refractivity contribution < 1.29 is 13.9 Å². The minimum Gasteiger partial charge on any atom is -0.461 e. The number of hydrogen-bond donors (Lipinski definition) is 0. The maximum Gasteiger partial charge on any atom is 0.351 e. The van der Waals surface area contributed by atoms with Gasteiger partial charge in [0.25, 0.3) is 0 Å². The summed E-state index contributed by atoms with van der Waals surface area (Å²) in [6, 6.07) is 3.57. The monoisotopic (exact) mass is 452 g/mol. The third kappa shape index (κ3) is 3.09. The first-order valence-corrected chi connectivity index (χ1v) is 7.51. The Kier molecular flexibility index (Phi) is 4.47. The van der Waals surface area contributed by atoms with E-state index in [1.54, 1.807) is 12.1 Å². The van der Waals surface area contributed by atoms with Gasteiger partial charge < -0.3 is 9.15 Å². The van der Waals surface area contributed by atoms with Gasteiger partial charge in [-0.3, -0.25) is 4.79 Å². The fraction of sp³-hybridized carbons (Fsp3) is 0.167. The second-order valence-electron chi connectivity index (χ2n) is 3.73. The van der Waals surface area contributed by atoms with Crippen LogP contribution in [0.2, 0.25) is 0 Å². The van der Waals surface area contributed by atoms with Crippen LogP contribution in [0.25, 0.3) is 11.0 Å². The molecule has 1 heterocycles. The van der Waals surface area contributed by atoms with Crippen molar-refractivity contribution in [3.63, 3.8) is 0 Å². The second-order valence-corrected chi connectivity index (χ2v) is 6.29. The van der Waals surface area contributed by atoms with E-state index in [0.29, 0.717) is 21.0 Å². The van der Waals surface area contributed by atoms with Crippen molar-refractivity contribution in [3.05, 3.63) is 41.5 Å². The molecule has 0 bridgehead atoms. The quantitative estimate of drug-likeness (QED) is 0.505. The number of benzene rings is 1. The molecule has 0 N–H and O–H groups in total. The maximum absolute atomic E-state index is 11.7. The molecule has 0 aliphatic rings. The van der Waals surface area contributed by atoms with Gasteiger partial charge in [0.2, 0.25) is 0 Å². The van der Waals surface area contributed by atoms with Crippen LogP contribution in [0.4, 0.5) is 0 Å². The average Bonchev–Trinajstić information content (AvgIpc) is 2.31. The highest BCUT2D eigenvalue weighted by Crippen LogP contribution is 2.32. The molecule has 100 valence electrons. The van der Waals surface area contributed by atoms with Crippen LogP contribution in [-0.2, 0) is 16.1 Å². The molecule has 4 nitrogen and oxygen atoms in total. The Hall–Kier alpha value is -0.660. The van der Waals surface area contributed by atoms with E-state index in [9.17, 15) is 9.59 Å². The number of carbonyl (C=O) groups is 1.